The lowest BCUT2D eigenvalue weighted by molar-refractivity contribution is -0.885. The van der Waals surface area contributed by atoms with Gasteiger partial charge < -0.3 is 15.5 Å². The first-order valence-electron chi connectivity index (χ1n) is 8.01. The lowest BCUT2D eigenvalue weighted by atomic mass is 10.2. The minimum absolute atomic E-state index is 0.0694. The molecule has 2 rings (SSSR count). The van der Waals surface area contributed by atoms with Crippen molar-refractivity contribution in [3.05, 3.63) is 58.9 Å². The average molecular weight is 401 g/mol. The van der Waals surface area contributed by atoms with Crippen LogP contribution in [0.15, 0.2) is 36.4 Å². The lowest BCUT2D eigenvalue weighted by Crippen LogP contribution is -3.14. The van der Waals surface area contributed by atoms with Gasteiger partial charge in [-0.1, -0.05) is 23.7 Å². The normalized spacial score (nSPS) is 13.0. The van der Waals surface area contributed by atoms with Gasteiger partial charge in [0.05, 0.1) is 23.4 Å². The quantitative estimate of drug-likeness (QED) is 0.651. The van der Waals surface area contributed by atoms with Crippen LogP contribution in [0.25, 0.3) is 0 Å². The van der Waals surface area contributed by atoms with Crippen molar-refractivity contribution in [2.24, 2.45) is 0 Å². The number of carbonyl (C=O) groups excluding carboxylic acids is 2. The molecule has 0 saturated carbocycles. The van der Waals surface area contributed by atoms with Crippen LogP contribution in [0.3, 0.4) is 0 Å². The zero-order valence-corrected chi connectivity index (χ0v) is 15.3. The third-order valence-corrected chi connectivity index (χ3v) is 4.34. The Morgan fingerprint density at radius 1 is 1.04 bits per heavy atom. The third kappa shape index (κ3) is 5.21. The van der Waals surface area contributed by atoms with Crippen molar-refractivity contribution < 1.29 is 27.7 Å². The maximum absolute atomic E-state index is 13.7. The standard InChI is InChI=1S/C18H17ClF3N3O2/c1-10(18(27)24-14-8-7-12(20)16(21)17(14)22)25(2)9-15(26)23-13-6-4-3-5-11(13)19/h3-8,10H,9H2,1-2H3,(H,23,26)(H,24,27)/p+1/t10-/m0/s1. The van der Waals surface area contributed by atoms with Crippen LogP contribution in [-0.2, 0) is 9.59 Å². The van der Waals surface area contributed by atoms with Gasteiger partial charge in [0.15, 0.2) is 30.0 Å². The second kappa shape index (κ2) is 8.88. The number of amides is 2. The molecule has 2 aromatic rings. The molecular weight excluding hydrogens is 383 g/mol. The number of nitrogens with one attached hydrogen (secondary N) is 3. The van der Waals surface area contributed by atoms with E-state index in [-0.39, 0.29) is 12.5 Å². The molecule has 0 fully saturated rings. The molecule has 27 heavy (non-hydrogen) atoms. The van der Waals surface area contributed by atoms with Crippen molar-refractivity contribution in [3.8, 4) is 0 Å². The number of likely N-dealkylation sites (N-methyl/N-ethyl adjacent to an activating group) is 1. The van der Waals surface area contributed by atoms with Crippen molar-refractivity contribution in [2.75, 3.05) is 24.2 Å². The minimum atomic E-state index is -1.67. The number of rotatable bonds is 6. The van der Waals surface area contributed by atoms with Crippen molar-refractivity contribution in [2.45, 2.75) is 13.0 Å². The highest BCUT2D eigenvalue weighted by atomic mass is 35.5. The number of halogens is 4. The van der Waals surface area contributed by atoms with Crippen LogP contribution in [0.2, 0.25) is 5.02 Å². The molecule has 0 aliphatic carbocycles. The van der Waals surface area contributed by atoms with E-state index in [2.05, 4.69) is 10.6 Å². The Kier molecular flexibility index (Phi) is 6.81. The number of hydrogen-bond acceptors (Lipinski definition) is 2. The summed E-state index contributed by atoms with van der Waals surface area (Å²) in [6.07, 6.45) is 0. The van der Waals surface area contributed by atoms with E-state index >= 15 is 0 Å². The highest BCUT2D eigenvalue weighted by molar-refractivity contribution is 6.33. The third-order valence-electron chi connectivity index (χ3n) is 4.01. The molecule has 2 atom stereocenters. The molecule has 144 valence electrons. The summed E-state index contributed by atoms with van der Waals surface area (Å²) in [6, 6.07) is 7.57. The number of carbonyl (C=O) groups is 2. The first-order chi connectivity index (χ1) is 12.7. The Balaban J connectivity index is 1.97. The largest absolute Gasteiger partial charge is 0.320 e. The monoisotopic (exact) mass is 400 g/mol. The molecule has 0 aliphatic heterocycles. The van der Waals surface area contributed by atoms with Gasteiger partial charge in [-0.25, -0.2) is 13.2 Å². The van der Waals surface area contributed by atoms with Crippen LogP contribution >= 0.6 is 11.6 Å². The van der Waals surface area contributed by atoms with Gasteiger partial charge in [0.2, 0.25) is 0 Å². The molecule has 9 heteroatoms. The van der Waals surface area contributed by atoms with E-state index in [0.29, 0.717) is 21.7 Å². The van der Waals surface area contributed by atoms with Gasteiger partial charge in [-0.05, 0) is 31.2 Å². The fourth-order valence-electron chi connectivity index (χ4n) is 2.25. The van der Waals surface area contributed by atoms with Gasteiger partial charge in [-0.15, -0.1) is 0 Å². The number of quaternary nitrogens is 1. The van der Waals surface area contributed by atoms with Gasteiger partial charge in [0.1, 0.15) is 0 Å². The fraction of sp³-hybridized carbons (Fsp3) is 0.222. The predicted octanol–water partition coefficient (Wildman–Crippen LogP) is 2.24. The van der Waals surface area contributed by atoms with E-state index in [9.17, 15) is 22.8 Å². The van der Waals surface area contributed by atoms with Crippen LogP contribution in [0.1, 0.15) is 6.92 Å². The van der Waals surface area contributed by atoms with Crippen LogP contribution in [-0.4, -0.2) is 31.4 Å². The molecule has 0 aliphatic rings. The fourth-order valence-corrected chi connectivity index (χ4v) is 2.43. The first-order valence-corrected chi connectivity index (χ1v) is 8.39. The molecule has 2 aromatic carbocycles. The Labute approximate surface area is 159 Å². The van der Waals surface area contributed by atoms with Gasteiger partial charge in [-0.3, -0.25) is 9.59 Å². The Morgan fingerprint density at radius 2 is 1.70 bits per heavy atom. The van der Waals surface area contributed by atoms with Crippen LogP contribution in [0, 0.1) is 17.5 Å². The first kappa shape index (κ1) is 20.7. The Hall–Kier alpha value is -2.58. The van der Waals surface area contributed by atoms with E-state index < -0.39 is 35.1 Å². The highest BCUT2D eigenvalue weighted by Gasteiger charge is 2.26. The van der Waals surface area contributed by atoms with Gasteiger partial charge in [-0.2, -0.15) is 0 Å². The summed E-state index contributed by atoms with van der Waals surface area (Å²) in [5.74, 6) is -5.52. The van der Waals surface area contributed by atoms with E-state index in [0.717, 1.165) is 6.07 Å². The molecule has 0 radical (unpaired) electrons. The number of benzene rings is 2. The molecule has 0 heterocycles. The number of anilines is 2. The maximum Gasteiger partial charge on any atom is 0.282 e. The smallest absolute Gasteiger partial charge is 0.282 e. The van der Waals surface area contributed by atoms with Crippen LogP contribution < -0.4 is 15.5 Å². The van der Waals surface area contributed by atoms with Crippen molar-refractivity contribution in [1.82, 2.24) is 0 Å². The molecular formula is C18H18ClF3N3O2+. The molecule has 1 unspecified atom stereocenters. The van der Waals surface area contributed by atoms with E-state index in [1.807, 2.05) is 0 Å². The SMILES string of the molecule is C[C@@H](C(=O)Nc1ccc(F)c(F)c1F)[NH+](C)CC(=O)Nc1ccccc1Cl. The maximum atomic E-state index is 13.7. The Bertz CT molecular complexity index is 864. The van der Waals surface area contributed by atoms with Crippen molar-refractivity contribution >= 4 is 34.8 Å². The van der Waals surface area contributed by atoms with E-state index in [4.69, 9.17) is 11.6 Å². The summed E-state index contributed by atoms with van der Waals surface area (Å²) in [5.41, 5.74) is -0.0306. The van der Waals surface area contributed by atoms with Gasteiger partial charge in [0, 0.05) is 0 Å². The molecule has 0 saturated heterocycles. The molecule has 0 aromatic heterocycles. The summed E-state index contributed by atoms with van der Waals surface area (Å²) < 4.78 is 39.9. The van der Waals surface area contributed by atoms with Crippen molar-refractivity contribution in [1.29, 1.82) is 0 Å². The Morgan fingerprint density at radius 3 is 2.37 bits per heavy atom. The molecule has 3 N–H and O–H groups in total. The van der Waals surface area contributed by atoms with Crippen LogP contribution in [0.4, 0.5) is 24.5 Å². The summed E-state index contributed by atoms with van der Waals surface area (Å²) in [7, 11) is 1.60. The highest BCUT2D eigenvalue weighted by Crippen LogP contribution is 2.20. The topological polar surface area (TPSA) is 62.6 Å². The summed E-state index contributed by atoms with van der Waals surface area (Å²) >= 11 is 5.97. The summed E-state index contributed by atoms with van der Waals surface area (Å²) in [4.78, 5) is 24.9. The summed E-state index contributed by atoms with van der Waals surface area (Å²) in [6.45, 7) is 1.45. The average Bonchev–Trinajstić information content (AvgIpc) is 2.63. The van der Waals surface area contributed by atoms with Crippen LogP contribution in [0.5, 0.6) is 0 Å². The molecule has 5 nitrogen and oxygen atoms in total. The summed E-state index contributed by atoms with van der Waals surface area (Å²) in [5, 5.41) is 5.21. The molecule has 0 spiro atoms. The second-order valence-corrected chi connectivity index (χ2v) is 6.39. The predicted molar refractivity (Wildman–Crippen MR) is 96.2 cm³/mol. The number of hydrogen-bond donors (Lipinski definition) is 3. The zero-order chi connectivity index (χ0) is 20.1. The molecule has 2 amide bonds. The van der Waals surface area contributed by atoms with E-state index in [1.54, 1.807) is 31.3 Å². The van der Waals surface area contributed by atoms with E-state index in [1.165, 1.54) is 6.92 Å². The molecule has 0 bridgehead atoms. The lowest BCUT2D eigenvalue weighted by Gasteiger charge is -2.21. The minimum Gasteiger partial charge on any atom is -0.320 e. The zero-order valence-electron chi connectivity index (χ0n) is 14.6. The second-order valence-electron chi connectivity index (χ2n) is 5.99. The van der Waals surface area contributed by atoms with Gasteiger partial charge >= 0.3 is 0 Å². The van der Waals surface area contributed by atoms with Crippen molar-refractivity contribution in [3.63, 3.8) is 0 Å². The number of para-hydroxylation sites is 1. The van der Waals surface area contributed by atoms with Gasteiger partial charge in [0.25, 0.3) is 11.8 Å².